The molecule has 4 saturated carbocycles. The van der Waals surface area contributed by atoms with Gasteiger partial charge >= 0.3 is 6.09 Å². The van der Waals surface area contributed by atoms with Crippen LogP contribution >= 0.6 is 0 Å². The summed E-state index contributed by atoms with van der Waals surface area (Å²) in [5.41, 5.74) is 4.53. The highest BCUT2D eigenvalue weighted by molar-refractivity contribution is 5.96. The molecule has 8 rings (SSSR count). The van der Waals surface area contributed by atoms with Gasteiger partial charge in [-0.05, 0) is 111 Å². The number of aryl methyl sites for hydroxylation is 1. The molecule has 1 N–H and O–H groups in total. The number of aliphatic hydroxyl groups excluding tert-OH is 1. The van der Waals surface area contributed by atoms with Crippen LogP contribution in [-0.4, -0.2) is 71.2 Å². The quantitative estimate of drug-likeness (QED) is 0.236. The molecule has 2 bridgehead atoms. The molecule has 1 aliphatic heterocycles. The number of carbonyl (C=O) groups is 2. The Kier molecular flexibility index (Phi) is 9.67. The van der Waals surface area contributed by atoms with Gasteiger partial charge in [-0.25, -0.2) is 9.18 Å². The largest absolute Gasteiger partial charge is 0.496 e. The smallest absolute Gasteiger partial charge is 0.410 e. The Labute approximate surface area is 294 Å². The number of aliphatic hydroxyl groups is 1. The summed E-state index contributed by atoms with van der Waals surface area (Å²) in [7, 11) is 1.72. The number of nitrogens with zero attached hydrogens (tertiary/aromatic N) is 4. The summed E-state index contributed by atoms with van der Waals surface area (Å²) in [6.07, 6.45) is 14.1. The van der Waals surface area contributed by atoms with Crippen LogP contribution in [0.25, 0.3) is 11.1 Å². The van der Waals surface area contributed by atoms with Crippen molar-refractivity contribution in [1.82, 2.24) is 14.7 Å². The average molecular weight is 687 g/mol. The standard InChI is InChI=1S/C40H51FN4O5/c1-27-19-31(9-12-36(27)49-3)40-16-13-39(14-17-40,15-18-40)26-44(37(47)29-7-5-4-6-8-29)32-10-11-35(41)34(20-32)30-21-42-45(22-30)28(2)25-50-38(48)43-23-33(46)24-43/h9-12,19-22,28-29,33,46H,4-8,13-18,23-26H2,1-3H3. The highest BCUT2D eigenvalue weighted by Gasteiger charge is 2.50. The Balaban J connectivity index is 1.10. The molecule has 3 aromatic rings. The Morgan fingerprint density at radius 1 is 1.04 bits per heavy atom. The molecule has 10 heteroatoms. The van der Waals surface area contributed by atoms with Crippen LogP contribution in [0.4, 0.5) is 14.9 Å². The van der Waals surface area contributed by atoms with Crippen molar-refractivity contribution >= 4 is 17.7 Å². The zero-order chi connectivity index (χ0) is 35.0. The van der Waals surface area contributed by atoms with Crippen LogP contribution in [-0.2, 0) is 14.9 Å². The Morgan fingerprint density at radius 2 is 1.76 bits per heavy atom. The third kappa shape index (κ3) is 6.75. The lowest BCUT2D eigenvalue weighted by Gasteiger charge is -2.55. The van der Waals surface area contributed by atoms with E-state index in [2.05, 4.69) is 30.2 Å². The van der Waals surface area contributed by atoms with E-state index in [1.54, 1.807) is 30.3 Å². The number of rotatable bonds is 10. The van der Waals surface area contributed by atoms with Gasteiger partial charge in [-0.2, -0.15) is 5.10 Å². The van der Waals surface area contributed by atoms with Gasteiger partial charge in [0.1, 0.15) is 18.2 Å². The molecule has 1 saturated heterocycles. The van der Waals surface area contributed by atoms with Crippen LogP contribution in [0.3, 0.4) is 0 Å². The van der Waals surface area contributed by atoms with Gasteiger partial charge in [-0.3, -0.25) is 9.48 Å². The van der Waals surface area contributed by atoms with Crippen molar-refractivity contribution in [2.24, 2.45) is 11.3 Å². The minimum absolute atomic E-state index is 0.00645. The van der Waals surface area contributed by atoms with Crippen LogP contribution in [0.15, 0.2) is 48.8 Å². The molecule has 50 heavy (non-hydrogen) atoms. The third-order valence-electron chi connectivity index (χ3n) is 12.3. The first-order valence-corrected chi connectivity index (χ1v) is 18.5. The van der Waals surface area contributed by atoms with Gasteiger partial charge in [0.2, 0.25) is 5.91 Å². The number of hydrogen-bond acceptors (Lipinski definition) is 6. The minimum atomic E-state index is -0.493. The van der Waals surface area contributed by atoms with Gasteiger partial charge in [-0.15, -0.1) is 0 Å². The first-order chi connectivity index (χ1) is 24.1. The highest BCUT2D eigenvalue weighted by Crippen LogP contribution is 2.58. The summed E-state index contributed by atoms with van der Waals surface area (Å²) in [4.78, 5) is 30.1. The second-order valence-corrected chi connectivity index (χ2v) is 15.6. The number of halogens is 1. The molecule has 1 atom stereocenters. The first-order valence-electron chi connectivity index (χ1n) is 18.5. The number of fused-ring (bicyclic) bond motifs is 3. The molecule has 0 spiro atoms. The highest BCUT2D eigenvalue weighted by atomic mass is 19.1. The van der Waals surface area contributed by atoms with E-state index in [0.717, 1.165) is 75.6 Å². The maximum atomic E-state index is 15.5. The fourth-order valence-corrected chi connectivity index (χ4v) is 8.93. The zero-order valence-corrected chi connectivity index (χ0v) is 29.7. The number of ether oxygens (including phenoxy) is 2. The molecule has 9 nitrogen and oxygen atoms in total. The maximum Gasteiger partial charge on any atom is 0.410 e. The molecular weight excluding hydrogens is 635 g/mol. The Morgan fingerprint density at radius 3 is 2.42 bits per heavy atom. The maximum absolute atomic E-state index is 15.5. The SMILES string of the molecule is COc1ccc(C23CCC(CN(C(=O)C4CCCCC4)c4ccc(F)c(-c5cnn(C(C)COC(=O)N6CC(O)C6)c5)c4)(CC2)CC3)cc1C. The van der Waals surface area contributed by atoms with Gasteiger partial charge in [-0.1, -0.05) is 31.4 Å². The second-order valence-electron chi connectivity index (χ2n) is 15.6. The topological polar surface area (TPSA) is 97.1 Å². The van der Waals surface area contributed by atoms with Crippen LogP contribution in [0.1, 0.15) is 94.7 Å². The average Bonchev–Trinajstić information content (AvgIpc) is 3.63. The number of likely N-dealkylation sites (tertiary alicyclic amines) is 1. The van der Waals surface area contributed by atoms with E-state index < -0.39 is 12.2 Å². The van der Waals surface area contributed by atoms with Crippen molar-refractivity contribution in [2.75, 3.05) is 38.3 Å². The van der Waals surface area contributed by atoms with Crippen molar-refractivity contribution in [3.05, 3.63) is 65.7 Å². The molecular formula is C40H51FN4O5. The van der Waals surface area contributed by atoms with E-state index in [0.29, 0.717) is 17.7 Å². The number of aromatic nitrogens is 2. The lowest BCUT2D eigenvalue weighted by Crippen LogP contribution is -2.53. The molecule has 268 valence electrons. The Hall–Kier alpha value is -3.92. The lowest BCUT2D eigenvalue weighted by molar-refractivity contribution is -0.124. The van der Waals surface area contributed by atoms with E-state index in [4.69, 9.17) is 9.47 Å². The third-order valence-corrected chi connectivity index (χ3v) is 12.3. The van der Waals surface area contributed by atoms with Gasteiger partial charge < -0.3 is 24.4 Å². The van der Waals surface area contributed by atoms with E-state index in [9.17, 15) is 14.7 Å². The van der Waals surface area contributed by atoms with Crippen molar-refractivity contribution in [3.63, 3.8) is 0 Å². The minimum Gasteiger partial charge on any atom is -0.496 e. The van der Waals surface area contributed by atoms with E-state index in [-0.39, 0.29) is 54.2 Å². The summed E-state index contributed by atoms with van der Waals surface area (Å²) in [6, 6.07) is 11.5. The zero-order valence-electron chi connectivity index (χ0n) is 29.7. The van der Waals surface area contributed by atoms with Crippen molar-refractivity contribution in [3.8, 4) is 16.9 Å². The summed E-state index contributed by atoms with van der Waals surface area (Å²) in [5, 5.41) is 13.9. The van der Waals surface area contributed by atoms with E-state index in [1.807, 2.05) is 17.9 Å². The van der Waals surface area contributed by atoms with Crippen molar-refractivity contribution in [1.29, 1.82) is 0 Å². The number of anilines is 1. The van der Waals surface area contributed by atoms with Crippen LogP contribution in [0.2, 0.25) is 0 Å². The molecule has 1 unspecified atom stereocenters. The van der Waals surface area contributed by atoms with E-state index >= 15 is 4.39 Å². The van der Waals surface area contributed by atoms with E-state index in [1.165, 1.54) is 28.5 Å². The Bertz CT molecular complexity index is 1690. The number of β-amino-alcohol motifs (C(OH)–C–C–N with tert-alkyl or cyclic N) is 1. The molecule has 5 fully saturated rings. The monoisotopic (exact) mass is 686 g/mol. The summed E-state index contributed by atoms with van der Waals surface area (Å²) in [5.74, 6) is 0.717. The van der Waals surface area contributed by atoms with Gasteiger partial charge in [0.05, 0.1) is 38.5 Å². The number of carbonyl (C=O) groups excluding carboxylic acids is 2. The summed E-state index contributed by atoms with van der Waals surface area (Å²) in [6.45, 7) is 5.30. The fourth-order valence-electron chi connectivity index (χ4n) is 8.93. The lowest BCUT2D eigenvalue weighted by atomic mass is 9.51. The normalized spacial score (nSPS) is 24.5. The van der Waals surface area contributed by atoms with Crippen LogP contribution in [0, 0.1) is 24.1 Å². The van der Waals surface area contributed by atoms with Gasteiger partial charge in [0, 0.05) is 35.5 Å². The summed E-state index contributed by atoms with van der Waals surface area (Å²) < 4.78 is 28.2. The predicted molar refractivity (Wildman–Crippen MR) is 190 cm³/mol. The summed E-state index contributed by atoms with van der Waals surface area (Å²) >= 11 is 0. The fraction of sp³-hybridized carbons (Fsp3) is 0.575. The van der Waals surface area contributed by atoms with Crippen molar-refractivity contribution < 1.29 is 28.6 Å². The number of hydrogen-bond donors (Lipinski definition) is 1. The molecule has 2 amide bonds. The molecule has 4 aliphatic carbocycles. The molecule has 5 aliphatic rings. The van der Waals surface area contributed by atoms with Gasteiger partial charge in [0.15, 0.2) is 0 Å². The number of methoxy groups -OCH3 is 1. The number of amides is 2. The number of benzene rings is 2. The predicted octanol–water partition coefficient (Wildman–Crippen LogP) is 7.59. The molecule has 1 aromatic heterocycles. The molecule has 2 heterocycles. The van der Waals surface area contributed by atoms with Crippen molar-refractivity contribution in [2.45, 2.75) is 102 Å². The van der Waals surface area contributed by atoms with Crippen LogP contribution in [0.5, 0.6) is 5.75 Å². The first kappa shape index (κ1) is 34.5. The second kappa shape index (κ2) is 14.0. The van der Waals surface area contributed by atoms with Crippen LogP contribution < -0.4 is 9.64 Å². The van der Waals surface area contributed by atoms with Gasteiger partial charge in [0.25, 0.3) is 0 Å². The molecule has 2 aromatic carbocycles. The molecule has 0 radical (unpaired) electrons.